The van der Waals surface area contributed by atoms with Gasteiger partial charge in [0.05, 0.1) is 6.10 Å². The number of amides is 6. The molecule has 68 heavy (non-hydrogen) atoms. The van der Waals surface area contributed by atoms with Crippen LogP contribution in [0.3, 0.4) is 0 Å². The van der Waals surface area contributed by atoms with Crippen molar-refractivity contribution < 1.29 is 76.7 Å². The molecule has 1 fully saturated rings. The quantitative estimate of drug-likeness (QED) is 0.110. The fourth-order valence-corrected chi connectivity index (χ4v) is 7.38. The molecule has 2 unspecified atom stereocenters. The van der Waals surface area contributed by atoms with E-state index in [0.717, 1.165) is 47.4 Å². The second kappa shape index (κ2) is 26.5. The molecule has 0 bridgehead atoms. The number of aliphatic hydroxyl groups is 1. The van der Waals surface area contributed by atoms with Crippen LogP contribution in [0.15, 0.2) is 42.6 Å². The normalized spacial score (nSPS) is 25.1. The number of carbonyl (C=O) groups is 10. The Morgan fingerprint density at radius 1 is 0.868 bits per heavy atom. The molecule has 0 aromatic heterocycles. The van der Waals surface area contributed by atoms with Gasteiger partial charge in [-0.15, -0.1) is 0 Å². The summed E-state index contributed by atoms with van der Waals surface area (Å²) < 4.78 is 27.9. The highest BCUT2D eigenvalue weighted by Crippen LogP contribution is 2.22. The number of aliphatic hydroxyl groups excluding tert-OH is 1. The van der Waals surface area contributed by atoms with Gasteiger partial charge in [-0.2, -0.15) is 11.8 Å². The van der Waals surface area contributed by atoms with Gasteiger partial charge in [-0.1, -0.05) is 50.8 Å². The lowest BCUT2D eigenvalue weighted by atomic mass is 9.96. The van der Waals surface area contributed by atoms with Crippen LogP contribution in [0.5, 0.6) is 0 Å². The number of cyclic esters (lactones) is 2. The number of esters is 4. The highest BCUT2D eigenvalue weighted by atomic mass is 32.2. The molecule has 0 aliphatic carbocycles. The van der Waals surface area contributed by atoms with Crippen molar-refractivity contribution in [2.45, 2.75) is 129 Å². The highest BCUT2D eigenvalue weighted by Gasteiger charge is 2.46. The molecule has 23 heteroatoms. The topological polar surface area (TPSA) is 283 Å². The van der Waals surface area contributed by atoms with E-state index in [-0.39, 0.29) is 12.2 Å². The van der Waals surface area contributed by atoms with Gasteiger partial charge in [0.1, 0.15) is 42.1 Å². The minimum Gasteiger partial charge on any atom is -0.458 e. The zero-order chi connectivity index (χ0) is 51.9. The fraction of sp³-hybridized carbons (Fsp3) is 0.600. The van der Waals surface area contributed by atoms with Gasteiger partial charge < -0.3 is 59.4 Å². The average Bonchev–Trinajstić information content (AvgIpc) is 3.28. The molecule has 1 aliphatic rings. The van der Waals surface area contributed by atoms with Crippen LogP contribution in [-0.4, -0.2) is 186 Å². The zero-order valence-electron chi connectivity index (χ0n) is 40.8. The Labute approximate surface area is 400 Å². The predicted octanol–water partition coefficient (Wildman–Crippen LogP) is -0.515. The molecule has 1 saturated heterocycles. The Morgan fingerprint density at radius 3 is 2.00 bits per heavy atom. The van der Waals surface area contributed by atoms with Gasteiger partial charge in [0, 0.05) is 54.3 Å². The number of thioether (sulfide) groups is 1. The fourth-order valence-electron chi connectivity index (χ4n) is 6.86. The number of ether oxygens (including phenoxy) is 5. The van der Waals surface area contributed by atoms with Crippen LogP contribution in [0.25, 0.3) is 0 Å². The molecule has 4 N–H and O–H groups in total. The molecule has 1 aromatic carbocycles. The first-order valence-corrected chi connectivity index (χ1v) is 23.0. The van der Waals surface area contributed by atoms with Crippen LogP contribution in [0.4, 0.5) is 0 Å². The number of rotatable bonds is 13. The monoisotopic (exact) mass is 978 g/mol. The SMILES string of the molecule is C=C1C(=O)N[C@@H](C)C(=O)N(C)[C@@H](C)C(=O)N[C@@H]([C@H](OC(=O)C(OC(C)=O)[C@H](O)CSC)C(C)C)C(=O)N(C)C([C@@H](C)OC)C(=O)O[C@H](C)[C@H](NC(C)=O)C(=O)O[C@H](Cc2ccccc2)C(=O)N1C. The van der Waals surface area contributed by atoms with Crippen molar-refractivity contribution in [1.82, 2.24) is 30.7 Å². The maximum absolute atomic E-state index is 14.9. The van der Waals surface area contributed by atoms with Crippen molar-refractivity contribution in [2.75, 3.05) is 40.3 Å². The minimum atomic E-state index is -1.88. The summed E-state index contributed by atoms with van der Waals surface area (Å²) in [4.78, 5) is 140. The van der Waals surface area contributed by atoms with Gasteiger partial charge in [-0.25, -0.2) is 14.4 Å². The molecule has 378 valence electrons. The summed E-state index contributed by atoms with van der Waals surface area (Å²) in [5.74, 6) is -11.2. The first-order valence-electron chi connectivity index (χ1n) is 21.6. The van der Waals surface area contributed by atoms with E-state index >= 15 is 0 Å². The third-order valence-corrected chi connectivity index (χ3v) is 11.7. The van der Waals surface area contributed by atoms with Crippen molar-refractivity contribution in [2.24, 2.45) is 5.92 Å². The Balaban J connectivity index is 2.89. The van der Waals surface area contributed by atoms with Crippen LogP contribution >= 0.6 is 11.8 Å². The second-order valence-corrected chi connectivity index (χ2v) is 17.5. The summed E-state index contributed by atoms with van der Waals surface area (Å²) >= 11 is 1.13. The molecule has 0 radical (unpaired) electrons. The molecule has 2 rings (SSSR count). The summed E-state index contributed by atoms with van der Waals surface area (Å²) in [5, 5.41) is 18.1. The van der Waals surface area contributed by atoms with Gasteiger partial charge >= 0.3 is 23.9 Å². The summed E-state index contributed by atoms with van der Waals surface area (Å²) in [7, 11) is 4.80. The van der Waals surface area contributed by atoms with E-state index in [4.69, 9.17) is 23.7 Å². The van der Waals surface area contributed by atoms with Crippen molar-refractivity contribution in [3.8, 4) is 0 Å². The van der Waals surface area contributed by atoms with Gasteiger partial charge in [0.15, 0.2) is 18.2 Å². The second-order valence-electron chi connectivity index (χ2n) is 16.6. The number of methoxy groups -OCH3 is 1. The molecule has 0 saturated carbocycles. The molecular formula is C45H66N6O16S. The number of benzene rings is 1. The number of hydrogen-bond acceptors (Lipinski definition) is 17. The number of nitrogens with zero attached hydrogens (tertiary/aromatic N) is 3. The predicted molar refractivity (Wildman–Crippen MR) is 245 cm³/mol. The average molecular weight is 979 g/mol. The number of carbonyl (C=O) groups excluding carboxylic acids is 10. The first kappa shape index (κ1) is 58.1. The summed E-state index contributed by atoms with van der Waals surface area (Å²) in [6.45, 7) is 14.1. The van der Waals surface area contributed by atoms with Crippen LogP contribution in [0.2, 0.25) is 0 Å². The van der Waals surface area contributed by atoms with Gasteiger partial charge in [-0.05, 0) is 45.4 Å². The lowest BCUT2D eigenvalue weighted by Crippen LogP contribution is -2.63. The van der Waals surface area contributed by atoms with Gasteiger partial charge in [-0.3, -0.25) is 33.6 Å². The van der Waals surface area contributed by atoms with Gasteiger partial charge in [0.2, 0.25) is 29.7 Å². The first-order chi connectivity index (χ1) is 31.7. The van der Waals surface area contributed by atoms with E-state index in [2.05, 4.69) is 22.5 Å². The van der Waals surface area contributed by atoms with Crippen molar-refractivity contribution in [3.05, 3.63) is 48.2 Å². The molecule has 1 aromatic rings. The molecular weight excluding hydrogens is 913 g/mol. The highest BCUT2D eigenvalue weighted by molar-refractivity contribution is 7.98. The van der Waals surface area contributed by atoms with E-state index in [1.165, 1.54) is 62.7 Å². The molecule has 22 nitrogen and oxygen atoms in total. The molecule has 1 aliphatic heterocycles. The number of likely N-dealkylation sites (N-methyl/N-ethyl adjacent to an activating group) is 3. The molecule has 6 amide bonds. The zero-order valence-corrected chi connectivity index (χ0v) is 41.6. The van der Waals surface area contributed by atoms with E-state index in [1.807, 2.05) is 0 Å². The summed E-state index contributed by atoms with van der Waals surface area (Å²) in [6, 6.07) is 0.234. The van der Waals surface area contributed by atoms with Crippen molar-refractivity contribution in [3.63, 3.8) is 0 Å². The maximum Gasteiger partial charge on any atom is 0.350 e. The van der Waals surface area contributed by atoms with Crippen LogP contribution in [0, 0.1) is 5.92 Å². The Hall–Kier alpha value is -6.07. The lowest BCUT2D eigenvalue weighted by molar-refractivity contribution is -0.182. The standard InChI is InChI=1S/C45H66N6O16S/c1-22(2)36(67-45(62)37(65-29(9)53)31(54)21-68-14)34-42(59)51(12)35(27(7)63-13)44(61)64-26(6)33(47-28(8)52)43(60)66-32(20-30-18-16-15-17-19-30)41(58)50(11)24(4)38(55)46-23(3)40(57)49(10)25(5)39(56)48-34/h15-19,22-23,25-27,31-37,54H,4,20-21H2,1-3,5-14H3,(H,46,55)(H,47,52)(H,48,56)/t23-,25-,26+,27+,31+,32+,33-,34-,35?,36+,37?/m0/s1. The molecule has 1 heterocycles. The van der Waals surface area contributed by atoms with Gasteiger partial charge in [0.25, 0.3) is 11.8 Å². The Bertz CT molecular complexity index is 2020. The van der Waals surface area contributed by atoms with E-state index in [0.29, 0.717) is 5.56 Å². The minimum absolute atomic E-state index is 0.0766. The van der Waals surface area contributed by atoms with Crippen molar-refractivity contribution >= 4 is 71.1 Å². The van der Waals surface area contributed by atoms with E-state index < -0.39 is 138 Å². The van der Waals surface area contributed by atoms with Crippen LogP contribution in [0.1, 0.15) is 61.0 Å². The Kier molecular flexibility index (Phi) is 22.6. The lowest BCUT2D eigenvalue weighted by Gasteiger charge is -2.38. The number of nitrogens with one attached hydrogen (secondary N) is 3. The third-order valence-electron chi connectivity index (χ3n) is 11.0. The molecule has 0 spiro atoms. The largest absolute Gasteiger partial charge is 0.458 e. The molecule has 11 atom stereocenters. The van der Waals surface area contributed by atoms with E-state index in [9.17, 15) is 53.1 Å². The maximum atomic E-state index is 14.9. The van der Waals surface area contributed by atoms with Crippen LogP contribution < -0.4 is 16.0 Å². The smallest absolute Gasteiger partial charge is 0.350 e. The third kappa shape index (κ3) is 15.8. The summed E-state index contributed by atoms with van der Waals surface area (Å²) in [5.41, 5.74) is 0.0452. The summed E-state index contributed by atoms with van der Waals surface area (Å²) in [6.07, 6.45) is -8.09. The van der Waals surface area contributed by atoms with Crippen LogP contribution in [-0.2, 0) is 78.1 Å². The van der Waals surface area contributed by atoms with E-state index in [1.54, 1.807) is 36.6 Å². The Morgan fingerprint density at radius 2 is 1.47 bits per heavy atom. The van der Waals surface area contributed by atoms with Crippen molar-refractivity contribution in [1.29, 1.82) is 0 Å². The number of hydrogen-bond donors (Lipinski definition) is 4.